The third-order valence-corrected chi connectivity index (χ3v) is 3.87. The number of piperidine rings is 1. The highest BCUT2D eigenvalue weighted by Gasteiger charge is 2.40. The Balaban J connectivity index is 1.90. The summed E-state index contributed by atoms with van der Waals surface area (Å²) in [7, 11) is 0. The fourth-order valence-electron chi connectivity index (χ4n) is 2.56. The second-order valence-electron chi connectivity index (χ2n) is 4.46. The smallest absolute Gasteiger partial charge is 0.123 e. The Morgan fingerprint density at radius 2 is 2.07 bits per heavy atom. The van der Waals surface area contributed by atoms with Crippen LogP contribution in [0.2, 0.25) is 0 Å². The molecule has 0 atom stereocenters. The van der Waals surface area contributed by atoms with Crippen LogP contribution in [0.4, 0.5) is 0 Å². The SMILES string of the molecule is Brc1ccc2c(c1)CC1(CCNCC1)O2. The first-order valence-electron chi connectivity index (χ1n) is 5.46. The lowest BCUT2D eigenvalue weighted by atomic mass is 9.88. The molecule has 1 aromatic rings. The van der Waals surface area contributed by atoms with Crippen molar-refractivity contribution in [2.24, 2.45) is 0 Å². The first-order valence-corrected chi connectivity index (χ1v) is 6.25. The molecule has 0 aliphatic carbocycles. The van der Waals surface area contributed by atoms with E-state index >= 15 is 0 Å². The molecule has 1 spiro atoms. The first-order chi connectivity index (χ1) is 7.27. The van der Waals surface area contributed by atoms with E-state index in [0.29, 0.717) is 0 Å². The highest BCUT2D eigenvalue weighted by molar-refractivity contribution is 9.10. The van der Waals surface area contributed by atoms with Crippen LogP contribution in [-0.4, -0.2) is 18.7 Å². The molecule has 1 N–H and O–H groups in total. The predicted molar refractivity (Wildman–Crippen MR) is 63.3 cm³/mol. The first kappa shape index (κ1) is 9.67. The molecule has 2 aliphatic heterocycles. The van der Waals surface area contributed by atoms with Crippen molar-refractivity contribution in [1.29, 1.82) is 0 Å². The van der Waals surface area contributed by atoms with Gasteiger partial charge in [0.2, 0.25) is 0 Å². The molecule has 3 heteroatoms. The maximum absolute atomic E-state index is 6.13. The van der Waals surface area contributed by atoms with Gasteiger partial charge in [-0.1, -0.05) is 15.9 Å². The number of hydrogen-bond donors (Lipinski definition) is 1. The molecular formula is C12H14BrNO. The Morgan fingerprint density at radius 1 is 1.27 bits per heavy atom. The van der Waals surface area contributed by atoms with Crippen LogP contribution in [0, 0.1) is 0 Å². The number of nitrogens with one attached hydrogen (secondary N) is 1. The van der Waals surface area contributed by atoms with Gasteiger partial charge >= 0.3 is 0 Å². The van der Waals surface area contributed by atoms with Crippen molar-refractivity contribution in [1.82, 2.24) is 5.32 Å². The van der Waals surface area contributed by atoms with E-state index in [0.717, 1.165) is 42.6 Å². The molecular weight excluding hydrogens is 254 g/mol. The minimum atomic E-state index is 0.0916. The molecule has 2 nitrogen and oxygen atoms in total. The van der Waals surface area contributed by atoms with E-state index in [1.54, 1.807) is 0 Å². The largest absolute Gasteiger partial charge is 0.487 e. The number of halogens is 1. The Bertz CT molecular complexity index is 385. The zero-order valence-electron chi connectivity index (χ0n) is 8.55. The van der Waals surface area contributed by atoms with Gasteiger partial charge < -0.3 is 10.1 Å². The molecule has 0 radical (unpaired) electrons. The summed E-state index contributed by atoms with van der Waals surface area (Å²) in [6.45, 7) is 2.16. The minimum absolute atomic E-state index is 0.0916. The van der Waals surface area contributed by atoms with E-state index in [9.17, 15) is 0 Å². The van der Waals surface area contributed by atoms with E-state index in [2.05, 4.69) is 39.4 Å². The zero-order valence-corrected chi connectivity index (χ0v) is 10.1. The molecule has 0 unspecified atom stereocenters. The van der Waals surface area contributed by atoms with Crippen LogP contribution in [-0.2, 0) is 6.42 Å². The van der Waals surface area contributed by atoms with E-state index in [-0.39, 0.29) is 5.60 Å². The molecule has 1 fully saturated rings. The molecule has 80 valence electrons. The molecule has 0 amide bonds. The molecule has 0 saturated carbocycles. The lowest BCUT2D eigenvalue weighted by molar-refractivity contribution is 0.0600. The van der Waals surface area contributed by atoms with Crippen molar-refractivity contribution in [2.45, 2.75) is 24.9 Å². The van der Waals surface area contributed by atoms with Crippen molar-refractivity contribution in [2.75, 3.05) is 13.1 Å². The monoisotopic (exact) mass is 267 g/mol. The average molecular weight is 268 g/mol. The Labute approximate surface area is 98.1 Å². The minimum Gasteiger partial charge on any atom is -0.487 e. The number of hydrogen-bond acceptors (Lipinski definition) is 2. The fraction of sp³-hybridized carbons (Fsp3) is 0.500. The van der Waals surface area contributed by atoms with Gasteiger partial charge in [-0.3, -0.25) is 0 Å². The maximum Gasteiger partial charge on any atom is 0.123 e. The van der Waals surface area contributed by atoms with Crippen LogP contribution in [0.1, 0.15) is 18.4 Å². The average Bonchev–Trinajstić information content (AvgIpc) is 2.56. The second kappa shape index (κ2) is 3.49. The van der Waals surface area contributed by atoms with Crippen LogP contribution < -0.4 is 10.1 Å². The molecule has 2 heterocycles. The van der Waals surface area contributed by atoms with Crippen molar-refractivity contribution in [3.63, 3.8) is 0 Å². The number of fused-ring (bicyclic) bond motifs is 1. The van der Waals surface area contributed by atoms with Gasteiger partial charge in [0.05, 0.1) is 0 Å². The van der Waals surface area contributed by atoms with E-state index in [4.69, 9.17) is 4.74 Å². The Kier molecular flexibility index (Phi) is 2.25. The standard InChI is InChI=1S/C12H14BrNO/c13-10-1-2-11-9(7-10)8-12(15-11)3-5-14-6-4-12/h1-2,7,14H,3-6,8H2. The van der Waals surface area contributed by atoms with Gasteiger partial charge in [-0.15, -0.1) is 0 Å². The summed E-state index contributed by atoms with van der Waals surface area (Å²) in [6.07, 6.45) is 3.32. The summed E-state index contributed by atoms with van der Waals surface area (Å²) in [4.78, 5) is 0. The zero-order chi connectivity index (χ0) is 10.3. The number of ether oxygens (including phenoxy) is 1. The predicted octanol–water partition coefficient (Wildman–Crippen LogP) is 2.51. The van der Waals surface area contributed by atoms with Crippen LogP contribution in [0.15, 0.2) is 22.7 Å². The summed E-state index contributed by atoms with van der Waals surface area (Å²) in [6, 6.07) is 6.32. The summed E-state index contributed by atoms with van der Waals surface area (Å²) in [5.41, 5.74) is 1.44. The van der Waals surface area contributed by atoms with Crippen molar-refractivity contribution in [3.05, 3.63) is 28.2 Å². The van der Waals surface area contributed by atoms with Gasteiger partial charge in [0.25, 0.3) is 0 Å². The van der Waals surface area contributed by atoms with Crippen molar-refractivity contribution < 1.29 is 4.74 Å². The molecule has 1 aromatic carbocycles. The van der Waals surface area contributed by atoms with Gasteiger partial charge in [0.15, 0.2) is 0 Å². The van der Waals surface area contributed by atoms with Gasteiger partial charge in [-0.05, 0) is 49.7 Å². The van der Waals surface area contributed by atoms with E-state index in [1.807, 2.05) is 0 Å². The van der Waals surface area contributed by atoms with Gasteiger partial charge in [0.1, 0.15) is 11.4 Å². The molecule has 1 saturated heterocycles. The fourth-order valence-corrected chi connectivity index (χ4v) is 2.97. The maximum atomic E-state index is 6.13. The molecule has 15 heavy (non-hydrogen) atoms. The van der Waals surface area contributed by atoms with E-state index < -0.39 is 0 Å². The van der Waals surface area contributed by atoms with Gasteiger partial charge in [0, 0.05) is 10.9 Å². The highest BCUT2D eigenvalue weighted by Crippen LogP contribution is 2.40. The molecule has 0 aromatic heterocycles. The highest BCUT2D eigenvalue weighted by atomic mass is 79.9. The van der Waals surface area contributed by atoms with Crippen LogP contribution >= 0.6 is 15.9 Å². The lowest BCUT2D eigenvalue weighted by Crippen LogP contribution is -2.45. The molecule has 0 bridgehead atoms. The van der Waals surface area contributed by atoms with Gasteiger partial charge in [-0.25, -0.2) is 0 Å². The third kappa shape index (κ3) is 1.68. The van der Waals surface area contributed by atoms with Crippen molar-refractivity contribution in [3.8, 4) is 5.75 Å². The molecule has 3 rings (SSSR count). The summed E-state index contributed by atoms with van der Waals surface area (Å²) >= 11 is 3.51. The van der Waals surface area contributed by atoms with Gasteiger partial charge in [-0.2, -0.15) is 0 Å². The third-order valence-electron chi connectivity index (χ3n) is 3.38. The number of rotatable bonds is 0. The number of benzene rings is 1. The van der Waals surface area contributed by atoms with Crippen LogP contribution in [0.5, 0.6) is 5.75 Å². The quantitative estimate of drug-likeness (QED) is 0.780. The Morgan fingerprint density at radius 3 is 2.87 bits per heavy atom. The normalized spacial score (nSPS) is 22.5. The summed E-state index contributed by atoms with van der Waals surface area (Å²) in [5.74, 6) is 1.08. The van der Waals surface area contributed by atoms with E-state index in [1.165, 1.54) is 5.56 Å². The summed E-state index contributed by atoms with van der Waals surface area (Å²) in [5, 5.41) is 3.38. The summed E-state index contributed by atoms with van der Waals surface area (Å²) < 4.78 is 7.28. The van der Waals surface area contributed by atoms with Crippen LogP contribution in [0.25, 0.3) is 0 Å². The lowest BCUT2D eigenvalue weighted by Gasteiger charge is -2.33. The Hall–Kier alpha value is -0.540. The van der Waals surface area contributed by atoms with Crippen LogP contribution in [0.3, 0.4) is 0 Å². The second-order valence-corrected chi connectivity index (χ2v) is 5.38. The molecule has 2 aliphatic rings. The van der Waals surface area contributed by atoms with Crippen molar-refractivity contribution >= 4 is 15.9 Å². The topological polar surface area (TPSA) is 21.3 Å².